The number of hydrogen-bond donors (Lipinski definition) is 3. The first-order valence-corrected chi connectivity index (χ1v) is 8.00. The van der Waals surface area contributed by atoms with E-state index in [1.807, 2.05) is 6.92 Å². The van der Waals surface area contributed by atoms with Gasteiger partial charge in [0, 0.05) is 24.6 Å². The first-order valence-electron chi connectivity index (χ1n) is 8.00. The Morgan fingerprint density at radius 3 is 2.75 bits per heavy atom. The second-order valence-corrected chi connectivity index (χ2v) is 6.58. The maximum Gasteiger partial charge on any atom is 0.315 e. The average molecular weight is 282 g/mol. The molecule has 1 spiro atoms. The lowest BCUT2D eigenvalue weighted by Crippen LogP contribution is -2.68. The van der Waals surface area contributed by atoms with Crippen LogP contribution in [-0.2, 0) is 4.74 Å². The zero-order valence-corrected chi connectivity index (χ0v) is 12.2. The van der Waals surface area contributed by atoms with E-state index >= 15 is 0 Å². The number of aliphatic hydroxyl groups is 1. The Hall–Kier alpha value is -0.810. The van der Waals surface area contributed by atoms with E-state index in [1.54, 1.807) is 0 Å². The molecule has 5 heteroatoms. The molecule has 0 heterocycles. The molecule has 3 N–H and O–H groups in total. The number of nitrogens with one attached hydrogen (secondary N) is 2. The molecule has 0 aliphatic heterocycles. The predicted octanol–water partition coefficient (Wildman–Crippen LogP) is 1.40. The molecule has 0 aromatic heterocycles. The number of hydrogen-bond acceptors (Lipinski definition) is 3. The monoisotopic (exact) mass is 282 g/mol. The van der Waals surface area contributed by atoms with Crippen LogP contribution in [0.4, 0.5) is 4.79 Å². The summed E-state index contributed by atoms with van der Waals surface area (Å²) < 4.78 is 5.77. The van der Waals surface area contributed by atoms with Gasteiger partial charge >= 0.3 is 6.03 Å². The van der Waals surface area contributed by atoms with E-state index in [-0.39, 0.29) is 23.6 Å². The average Bonchev–Trinajstić information content (AvgIpc) is 3.16. The third kappa shape index (κ3) is 2.53. The quantitative estimate of drug-likeness (QED) is 0.690. The van der Waals surface area contributed by atoms with Crippen LogP contribution >= 0.6 is 0 Å². The summed E-state index contributed by atoms with van der Waals surface area (Å²) in [6.07, 6.45) is 6.61. The number of urea groups is 1. The molecule has 3 rings (SSSR count). The van der Waals surface area contributed by atoms with Gasteiger partial charge < -0.3 is 20.5 Å². The van der Waals surface area contributed by atoms with Gasteiger partial charge in [0.15, 0.2) is 0 Å². The van der Waals surface area contributed by atoms with Crippen LogP contribution in [0.1, 0.15) is 45.4 Å². The fourth-order valence-electron chi connectivity index (χ4n) is 3.69. The van der Waals surface area contributed by atoms with Crippen molar-refractivity contribution in [2.45, 2.75) is 63.7 Å². The lowest BCUT2D eigenvalue weighted by Gasteiger charge is -2.60. The first kappa shape index (κ1) is 14.1. The van der Waals surface area contributed by atoms with Crippen molar-refractivity contribution in [1.82, 2.24) is 10.6 Å². The molecule has 5 nitrogen and oxygen atoms in total. The molecule has 0 bridgehead atoms. The van der Waals surface area contributed by atoms with Crippen molar-refractivity contribution in [2.24, 2.45) is 11.3 Å². The Kier molecular flexibility index (Phi) is 3.91. The molecule has 0 unspecified atom stereocenters. The summed E-state index contributed by atoms with van der Waals surface area (Å²) in [6.45, 7) is 3.14. The molecule has 0 aromatic rings. The van der Waals surface area contributed by atoms with Crippen molar-refractivity contribution >= 4 is 6.03 Å². The molecule has 3 atom stereocenters. The molecule has 3 aliphatic rings. The van der Waals surface area contributed by atoms with E-state index in [0.717, 1.165) is 38.7 Å². The first-order chi connectivity index (χ1) is 9.65. The zero-order valence-electron chi connectivity index (χ0n) is 12.2. The van der Waals surface area contributed by atoms with Crippen LogP contribution in [0.5, 0.6) is 0 Å². The minimum atomic E-state index is -0.379. The highest BCUT2D eigenvalue weighted by molar-refractivity contribution is 5.74. The molecule has 3 saturated carbocycles. The van der Waals surface area contributed by atoms with Crippen molar-refractivity contribution in [2.75, 3.05) is 13.2 Å². The van der Waals surface area contributed by atoms with Gasteiger partial charge in [0.25, 0.3) is 0 Å². The summed E-state index contributed by atoms with van der Waals surface area (Å²) in [6, 6.07) is 0.0989. The van der Waals surface area contributed by atoms with Crippen molar-refractivity contribution in [3.05, 3.63) is 0 Å². The van der Waals surface area contributed by atoms with Gasteiger partial charge in [0.1, 0.15) is 0 Å². The summed E-state index contributed by atoms with van der Waals surface area (Å²) in [5, 5.41) is 15.6. The minimum absolute atomic E-state index is 0.143. The van der Waals surface area contributed by atoms with Crippen LogP contribution in [-0.4, -0.2) is 42.5 Å². The topological polar surface area (TPSA) is 70.6 Å². The number of rotatable bonds is 6. The number of aliphatic hydroxyl groups excluding tert-OH is 1. The fraction of sp³-hybridized carbons (Fsp3) is 0.933. The number of carbonyl (C=O) groups is 1. The van der Waals surface area contributed by atoms with Crippen molar-refractivity contribution in [3.8, 4) is 0 Å². The van der Waals surface area contributed by atoms with E-state index in [4.69, 9.17) is 4.74 Å². The molecule has 20 heavy (non-hydrogen) atoms. The van der Waals surface area contributed by atoms with E-state index in [0.29, 0.717) is 18.6 Å². The molecular weight excluding hydrogens is 256 g/mol. The van der Waals surface area contributed by atoms with Gasteiger partial charge in [0.05, 0.1) is 12.2 Å². The fourth-order valence-corrected chi connectivity index (χ4v) is 3.69. The smallest absolute Gasteiger partial charge is 0.315 e. The molecule has 0 aromatic carbocycles. The summed E-state index contributed by atoms with van der Waals surface area (Å²) in [4.78, 5) is 11.9. The van der Waals surface area contributed by atoms with Crippen LogP contribution in [0.25, 0.3) is 0 Å². The van der Waals surface area contributed by atoms with Gasteiger partial charge in [-0.2, -0.15) is 0 Å². The number of carbonyl (C=O) groups excluding carboxylic acids is 1. The maximum absolute atomic E-state index is 11.9. The van der Waals surface area contributed by atoms with Gasteiger partial charge in [0.2, 0.25) is 0 Å². The Morgan fingerprint density at radius 2 is 2.20 bits per heavy atom. The van der Waals surface area contributed by atoms with E-state index in [9.17, 15) is 9.90 Å². The van der Waals surface area contributed by atoms with E-state index in [2.05, 4.69) is 10.6 Å². The van der Waals surface area contributed by atoms with Crippen molar-refractivity contribution in [1.29, 1.82) is 0 Å². The Labute approximate surface area is 120 Å². The molecule has 2 amide bonds. The van der Waals surface area contributed by atoms with Gasteiger partial charge in [-0.15, -0.1) is 0 Å². The van der Waals surface area contributed by atoms with Gasteiger partial charge in [-0.25, -0.2) is 4.79 Å². The normalized spacial score (nSPS) is 32.1. The standard InChI is InChI=1S/C15H26N2O3/c1-2-20-13-8-12(15(13)6-3-7-15)17-14(19)16-9-11(18)10-4-5-10/h10-13,18H,2-9H2,1H3,(H2,16,17,19)/t11-,12-,13-/m1/s1. The minimum Gasteiger partial charge on any atom is -0.391 e. The molecule has 114 valence electrons. The maximum atomic E-state index is 11.9. The highest BCUT2D eigenvalue weighted by Gasteiger charge is 2.59. The van der Waals surface area contributed by atoms with Crippen LogP contribution < -0.4 is 10.6 Å². The van der Waals surface area contributed by atoms with Crippen LogP contribution in [0.15, 0.2) is 0 Å². The molecule has 0 saturated heterocycles. The van der Waals surface area contributed by atoms with Gasteiger partial charge in [-0.3, -0.25) is 0 Å². The molecule has 3 aliphatic carbocycles. The summed E-state index contributed by atoms with van der Waals surface area (Å²) >= 11 is 0. The Morgan fingerprint density at radius 1 is 1.45 bits per heavy atom. The predicted molar refractivity (Wildman–Crippen MR) is 75.4 cm³/mol. The Balaban J connectivity index is 1.42. The number of amides is 2. The van der Waals surface area contributed by atoms with Crippen molar-refractivity contribution < 1.29 is 14.6 Å². The largest absolute Gasteiger partial charge is 0.391 e. The highest BCUT2D eigenvalue weighted by atomic mass is 16.5. The van der Waals surface area contributed by atoms with Crippen LogP contribution in [0, 0.1) is 11.3 Å². The second kappa shape index (κ2) is 5.53. The number of ether oxygens (including phenoxy) is 1. The SMILES string of the molecule is CCO[C@@H]1C[C@@H](NC(=O)NC[C@@H](O)C2CC2)C12CCC2. The highest BCUT2D eigenvalue weighted by Crippen LogP contribution is 2.57. The summed E-state index contributed by atoms with van der Waals surface area (Å²) in [5.74, 6) is 0.402. The lowest BCUT2D eigenvalue weighted by molar-refractivity contribution is -0.169. The lowest BCUT2D eigenvalue weighted by atomic mass is 9.51. The molecule has 0 radical (unpaired) electrons. The third-order valence-electron chi connectivity index (χ3n) is 5.38. The third-order valence-corrected chi connectivity index (χ3v) is 5.38. The molecular formula is C15H26N2O3. The zero-order chi connectivity index (χ0) is 14.2. The van der Waals surface area contributed by atoms with E-state index in [1.165, 1.54) is 6.42 Å². The second-order valence-electron chi connectivity index (χ2n) is 6.58. The van der Waals surface area contributed by atoms with Gasteiger partial charge in [-0.05, 0) is 44.9 Å². The van der Waals surface area contributed by atoms with E-state index < -0.39 is 0 Å². The van der Waals surface area contributed by atoms with Crippen LogP contribution in [0.2, 0.25) is 0 Å². The van der Waals surface area contributed by atoms with Gasteiger partial charge in [-0.1, -0.05) is 6.42 Å². The van der Waals surface area contributed by atoms with Crippen LogP contribution in [0.3, 0.4) is 0 Å². The summed E-state index contributed by atoms with van der Waals surface area (Å²) in [5.41, 5.74) is 0.197. The Bertz CT molecular complexity index is 366. The van der Waals surface area contributed by atoms with Crippen molar-refractivity contribution in [3.63, 3.8) is 0 Å². The molecule has 3 fully saturated rings. The summed E-state index contributed by atoms with van der Waals surface area (Å²) in [7, 11) is 0.